The van der Waals surface area contributed by atoms with Gasteiger partial charge in [-0.3, -0.25) is 4.79 Å². The predicted octanol–water partition coefficient (Wildman–Crippen LogP) is 0.469. The van der Waals surface area contributed by atoms with Crippen molar-refractivity contribution in [2.24, 2.45) is 0 Å². The van der Waals surface area contributed by atoms with Crippen LogP contribution in [0.4, 0.5) is 0 Å². The number of ether oxygens (including phenoxy) is 3. The first kappa shape index (κ1) is 16.2. The molecule has 7 nitrogen and oxygen atoms in total. The first-order valence-electron chi connectivity index (χ1n) is 7.12. The van der Waals surface area contributed by atoms with Crippen LogP contribution in [-0.4, -0.2) is 49.8 Å². The van der Waals surface area contributed by atoms with E-state index in [1.54, 1.807) is 18.3 Å². The fraction of sp³-hybridized carbons (Fsp3) is 0.533. The lowest BCUT2D eigenvalue weighted by Crippen LogP contribution is -2.47. The lowest BCUT2D eigenvalue weighted by molar-refractivity contribution is -0.146. The van der Waals surface area contributed by atoms with E-state index in [0.717, 1.165) is 12.0 Å². The van der Waals surface area contributed by atoms with Gasteiger partial charge in [0.2, 0.25) is 11.8 Å². The average Bonchev–Trinajstić information content (AvgIpc) is 3.08. The Hall–Kier alpha value is -2.15. The van der Waals surface area contributed by atoms with E-state index in [1.165, 1.54) is 14.2 Å². The van der Waals surface area contributed by atoms with Gasteiger partial charge >= 0.3 is 5.97 Å². The lowest BCUT2D eigenvalue weighted by atomic mass is 10.1. The minimum atomic E-state index is -0.767. The van der Waals surface area contributed by atoms with Crippen LogP contribution < -0.4 is 10.1 Å². The summed E-state index contributed by atoms with van der Waals surface area (Å²) in [6.07, 6.45) is 2.93. The molecule has 1 N–H and O–H groups in total. The highest BCUT2D eigenvalue weighted by Gasteiger charge is 2.29. The SMILES string of the molecule is COC(=O)[C@H](Cc1ccc(OC)nc1)NC(=O)[C@@H]1CCCO1. The molecule has 22 heavy (non-hydrogen) atoms. The number of nitrogens with one attached hydrogen (secondary N) is 1. The molecule has 1 amide bonds. The Balaban J connectivity index is 2.01. The molecule has 1 aromatic heterocycles. The van der Waals surface area contributed by atoms with E-state index in [-0.39, 0.29) is 5.91 Å². The molecule has 1 aliphatic rings. The number of amides is 1. The molecule has 120 valence electrons. The van der Waals surface area contributed by atoms with Crippen molar-refractivity contribution in [3.05, 3.63) is 23.9 Å². The van der Waals surface area contributed by atoms with E-state index < -0.39 is 18.1 Å². The summed E-state index contributed by atoms with van der Waals surface area (Å²) < 4.78 is 15.1. The molecule has 1 aliphatic heterocycles. The number of aromatic nitrogens is 1. The molecule has 0 unspecified atom stereocenters. The quantitative estimate of drug-likeness (QED) is 0.769. The van der Waals surface area contributed by atoms with E-state index in [9.17, 15) is 9.59 Å². The van der Waals surface area contributed by atoms with Crippen LogP contribution in [-0.2, 0) is 25.5 Å². The smallest absolute Gasteiger partial charge is 0.328 e. The highest BCUT2D eigenvalue weighted by molar-refractivity contribution is 5.87. The summed E-state index contributed by atoms with van der Waals surface area (Å²) in [5, 5.41) is 2.69. The van der Waals surface area contributed by atoms with Gasteiger partial charge < -0.3 is 19.5 Å². The Morgan fingerprint density at radius 3 is 2.82 bits per heavy atom. The Bertz CT molecular complexity index is 511. The summed E-state index contributed by atoms with van der Waals surface area (Å²) in [5.74, 6) is -0.293. The zero-order valence-corrected chi connectivity index (χ0v) is 12.7. The molecular formula is C15H20N2O5. The molecule has 0 spiro atoms. The number of nitrogens with zero attached hydrogens (tertiary/aromatic N) is 1. The largest absolute Gasteiger partial charge is 0.481 e. The highest BCUT2D eigenvalue weighted by atomic mass is 16.5. The summed E-state index contributed by atoms with van der Waals surface area (Å²) >= 11 is 0. The Kier molecular flexibility index (Phi) is 5.71. The molecule has 0 bridgehead atoms. The van der Waals surface area contributed by atoms with Gasteiger partial charge in [-0.1, -0.05) is 6.07 Å². The van der Waals surface area contributed by atoms with Crippen LogP contribution in [0.1, 0.15) is 18.4 Å². The maximum Gasteiger partial charge on any atom is 0.328 e. The van der Waals surface area contributed by atoms with Crippen LogP contribution in [0.25, 0.3) is 0 Å². The lowest BCUT2D eigenvalue weighted by Gasteiger charge is -2.18. The van der Waals surface area contributed by atoms with Gasteiger partial charge in [0.1, 0.15) is 12.1 Å². The summed E-state index contributed by atoms with van der Waals surface area (Å²) in [5.41, 5.74) is 0.795. The van der Waals surface area contributed by atoms with Crippen molar-refractivity contribution in [1.82, 2.24) is 10.3 Å². The molecular weight excluding hydrogens is 288 g/mol. The topological polar surface area (TPSA) is 86.8 Å². The zero-order valence-electron chi connectivity index (χ0n) is 12.7. The number of hydrogen-bond donors (Lipinski definition) is 1. The molecule has 1 aromatic rings. The van der Waals surface area contributed by atoms with Gasteiger partial charge in [-0.15, -0.1) is 0 Å². The van der Waals surface area contributed by atoms with Crippen LogP contribution >= 0.6 is 0 Å². The maximum absolute atomic E-state index is 12.1. The normalized spacial score (nSPS) is 18.5. The molecule has 0 saturated carbocycles. The number of rotatable bonds is 6. The minimum absolute atomic E-state index is 0.283. The molecule has 2 atom stereocenters. The zero-order chi connectivity index (χ0) is 15.9. The number of pyridine rings is 1. The summed E-state index contributed by atoms with van der Waals surface area (Å²) in [6.45, 7) is 0.573. The highest BCUT2D eigenvalue weighted by Crippen LogP contribution is 2.13. The van der Waals surface area contributed by atoms with Crippen molar-refractivity contribution in [2.75, 3.05) is 20.8 Å². The first-order chi connectivity index (χ1) is 10.6. The third kappa shape index (κ3) is 4.17. The van der Waals surface area contributed by atoms with Gasteiger partial charge in [-0.05, 0) is 18.4 Å². The third-order valence-electron chi connectivity index (χ3n) is 3.47. The van der Waals surface area contributed by atoms with E-state index in [1.807, 2.05) is 0 Å². The summed E-state index contributed by atoms with van der Waals surface area (Å²) in [7, 11) is 2.82. The van der Waals surface area contributed by atoms with Gasteiger partial charge in [0, 0.05) is 25.3 Å². The number of carbonyl (C=O) groups excluding carboxylic acids is 2. The molecule has 7 heteroatoms. The van der Waals surface area contributed by atoms with Crippen molar-refractivity contribution in [1.29, 1.82) is 0 Å². The predicted molar refractivity (Wildman–Crippen MR) is 77.4 cm³/mol. The van der Waals surface area contributed by atoms with Crippen molar-refractivity contribution in [2.45, 2.75) is 31.4 Å². The molecule has 2 heterocycles. The van der Waals surface area contributed by atoms with Crippen LogP contribution in [0.5, 0.6) is 5.88 Å². The molecule has 1 fully saturated rings. The van der Waals surface area contributed by atoms with Crippen LogP contribution in [0.2, 0.25) is 0 Å². The number of esters is 1. The van der Waals surface area contributed by atoms with Crippen molar-refractivity contribution in [3.63, 3.8) is 0 Å². The van der Waals surface area contributed by atoms with Crippen molar-refractivity contribution in [3.8, 4) is 5.88 Å². The molecule has 0 aliphatic carbocycles. The van der Waals surface area contributed by atoms with Gasteiger partial charge in [0.25, 0.3) is 0 Å². The molecule has 2 rings (SSSR count). The van der Waals surface area contributed by atoms with Crippen molar-refractivity contribution >= 4 is 11.9 Å². The Morgan fingerprint density at radius 1 is 1.45 bits per heavy atom. The standard InChI is InChI=1S/C15H20N2O5/c1-20-13-6-5-10(9-16-13)8-11(15(19)21-2)17-14(18)12-4-3-7-22-12/h5-6,9,11-12H,3-4,7-8H2,1-2H3,(H,17,18)/t11-,12-/m0/s1. The second kappa shape index (κ2) is 7.74. The number of carbonyl (C=O) groups is 2. The Morgan fingerprint density at radius 2 is 2.27 bits per heavy atom. The second-order valence-electron chi connectivity index (χ2n) is 5.00. The van der Waals surface area contributed by atoms with Gasteiger partial charge in [0.05, 0.1) is 14.2 Å². The van der Waals surface area contributed by atoms with Crippen LogP contribution in [0, 0.1) is 0 Å². The number of hydrogen-bond acceptors (Lipinski definition) is 6. The number of methoxy groups -OCH3 is 2. The van der Waals surface area contributed by atoms with Crippen molar-refractivity contribution < 1.29 is 23.8 Å². The fourth-order valence-electron chi connectivity index (χ4n) is 2.27. The van der Waals surface area contributed by atoms with E-state index in [0.29, 0.717) is 25.3 Å². The van der Waals surface area contributed by atoms with Crippen LogP contribution in [0.3, 0.4) is 0 Å². The Labute approximate surface area is 129 Å². The summed E-state index contributed by atoms with van der Waals surface area (Å²) in [6, 6.07) is 2.72. The van der Waals surface area contributed by atoms with E-state index >= 15 is 0 Å². The van der Waals surface area contributed by atoms with E-state index in [4.69, 9.17) is 14.2 Å². The molecule has 1 saturated heterocycles. The van der Waals surface area contributed by atoms with Gasteiger partial charge in [0.15, 0.2) is 0 Å². The van der Waals surface area contributed by atoms with E-state index in [2.05, 4.69) is 10.3 Å². The van der Waals surface area contributed by atoms with Crippen LogP contribution in [0.15, 0.2) is 18.3 Å². The average molecular weight is 308 g/mol. The monoisotopic (exact) mass is 308 g/mol. The summed E-state index contributed by atoms with van der Waals surface area (Å²) in [4.78, 5) is 28.0. The minimum Gasteiger partial charge on any atom is -0.481 e. The third-order valence-corrected chi connectivity index (χ3v) is 3.47. The first-order valence-corrected chi connectivity index (χ1v) is 7.12. The second-order valence-corrected chi connectivity index (χ2v) is 5.00. The maximum atomic E-state index is 12.1. The van der Waals surface area contributed by atoms with Gasteiger partial charge in [-0.25, -0.2) is 9.78 Å². The molecule has 0 aromatic carbocycles. The fourth-order valence-corrected chi connectivity index (χ4v) is 2.27. The van der Waals surface area contributed by atoms with Gasteiger partial charge in [-0.2, -0.15) is 0 Å². The molecule has 0 radical (unpaired) electrons.